The smallest absolute Gasteiger partial charge is 0.237 e. The molecule has 3 aromatic heterocycles. The molecule has 0 aliphatic heterocycles. The fraction of sp³-hybridized carbons (Fsp3) is 0.125. The van der Waals surface area contributed by atoms with Crippen molar-refractivity contribution in [3.63, 3.8) is 0 Å². The van der Waals surface area contributed by atoms with E-state index in [1.165, 1.54) is 11.8 Å². The average Bonchev–Trinajstić information content (AvgIpc) is 3.40. The molecule has 0 aliphatic rings. The molecular weight excluding hydrogens is 358 g/mol. The van der Waals surface area contributed by atoms with Gasteiger partial charge in [0.05, 0.1) is 18.6 Å². The number of methoxy groups -OCH3 is 1. The predicted molar refractivity (Wildman–Crippen MR) is 95.1 cm³/mol. The maximum Gasteiger partial charge on any atom is 0.237 e. The number of hydrogen-bond donors (Lipinski definition) is 0. The van der Waals surface area contributed by atoms with E-state index >= 15 is 0 Å². The highest BCUT2D eigenvalue weighted by Crippen LogP contribution is 2.28. The van der Waals surface area contributed by atoms with Crippen LogP contribution in [0.4, 0.5) is 0 Å². The molecule has 0 bridgehead atoms. The first-order valence-corrected chi connectivity index (χ1v) is 9.29. The molecule has 9 heteroatoms. The van der Waals surface area contributed by atoms with Gasteiger partial charge in [0, 0.05) is 10.9 Å². The lowest BCUT2D eigenvalue weighted by atomic mass is 10.3. The number of rotatable bonds is 6. The zero-order valence-electron chi connectivity index (χ0n) is 13.2. The summed E-state index contributed by atoms with van der Waals surface area (Å²) >= 11 is 3.07. The van der Waals surface area contributed by atoms with Gasteiger partial charge in [-0.2, -0.15) is 16.3 Å². The molecular formula is C16H13N5O2S2. The molecule has 4 rings (SSSR count). The van der Waals surface area contributed by atoms with Gasteiger partial charge in [0.2, 0.25) is 11.7 Å². The van der Waals surface area contributed by atoms with Gasteiger partial charge in [0.1, 0.15) is 12.1 Å². The van der Waals surface area contributed by atoms with Gasteiger partial charge in [-0.3, -0.25) is 4.57 Å². The molecule has 4 aromatic rings. The summed E-state index contributed by atoms with van der Waals surface area (Å²) in [5.74, 6) is 2.40. The molecule has 25 heavy (non-hydrogen) atoms. The van der Waals surface area contributed by atoms with Crippen LogP contribution in [0.3, 0.4) is 0 Å². The summed E-state index contributed by atoms with van der Waals surface area (Å²) in [6, 6.07) is 9.68. The second-order valence-corrected chi connectivity index (χ2v) is 6.69. The van der Waals surface area contributed by atoms with Crippen LogP contribution < -0.4 is 4.74 Å². The van der Waals surface area contributed by atoms with E-state index in [0.29, 0.717) is 17.5 Å². The maximum absolute atomic E-state index is 5.41. The maximum atomic E-state index is 5.41. The van der Waals surface area contributed by atoms with Crippen LogP contribution in [0.2, 0.25) is 0 Å². The molecule has 0 atom stereocenters. The van der Waals surface area contributed by atoms with Crippen molar-refractivity contribution in [1.82, 2.24) is 24.9 Å². The van der Waals surface area contributed by atoms with Gasteiger partial charge in [-0.05, 0) is 23.6 Å². The van der Waals surface area contributed by atoms with Crippen LogP contribution in [-0.4, -0.2) is 32.0 Å². The zero-order valence-corrected chi connectivity index (χ0v) is 14.8. The normalized spacial score (nSPS) is 10.9. The van der Waals surface area contributed by atoms with Crippen molar-refractivity contribution >= 4 is 23.1 Å². The SMILES string of the molecule is COc1ccccc1-n1cnnc1SCc1nc(-c2ccsc2)no1. The molecule has 0 radical (unpaired) electrons. The number of ether oxygens (including phenoxy) is 1. The van der Waals surface area contributed by atoms with Crippen LogP contribution >= 0.6 is 23.1 Å². The number of benzene rings is 1. The van der Waals surface area contributed by atoms with Gasteiger partial charge in [-0.1, -0.05) is 29.1 Å². The van der Waals surface area contributed by atoms with Gasteiger partial charge >= 0.3 is 0 Å². The van der Waals surface area contributed by atoms with Gasteiger partial charge in [0.15, 0.2) is 5.16 Å². The van der Waals surface area contributed by atoms with Crippen LogP contribution in [0.1, 0.15) is 5.89 Å². The summed E-state index contributed by atoms with van der Waals surface area (Å²) in [5.41, 5.74) is 1.84. The van der Waals surface area contributed by atoms with Gasteiger partial charge < -0.3 is 9.26 Å². The van der Waals surface area contributed by atoms with E-state index in [4.69, 9.17) is 9.26 Å². The average molecular weight is 371 g/mol. The summed E-state index contributed by atoms with van der Waals surface area (Å²) < 4.78 is 12.6. The molecule has 0 N–H and O–H groups in total. The number of aromatic nitrogens is 5. The Morgan fingerprint density at radius 2 is 2.20 bits per heavy atom. The lowest BCUT2D eigenvalue weighted by Crippen LogP contribution is -1.98. The molecule has 0 fully saturated rings. The summed E-state index contributed by atoms with van der Waals surface area (Å²) in [6.07, 6.45) is 1.66. The minimum absolute atomic E-state index is 0.505. The molecule has 0 saturated heterocycles. The summed E-state index contributed by atoms with van der Waals surface area (Å²) in [5, 5.41) is 16.9. The van der Waals surface area contributed by atoms with Crippen LogP contribution in [0.15, 0.2) is 57.1 Å². The fourth-order valence-electron chi connectivity index (χ4n) is 2.27. The molecule has 1 aromatic carbocycles. The molecule has 0 unspecified atom stereocenters. The zero-order chi connectivity index (χ0) is 17.1. The lowest BCUT2D eigenvalue weighted by molar-refractivity contribution is 0.391. The molecule has 7 nitrogen and oxygen atoms in total. The largest absolute Gasteiger partial charge is 0.495 e. The third-order valence-corrected chi connectivity index (χ3v) is 5.04. The van der Waals surface area contributed by atoms with Gasteiger partial charge in [-0.25, -0.2) is 0 Å². The molecule has 0 aliphatic carbocycles. The number of para-hydroxylation sites is 2. The second-order valence-electron chi connectivity index (χ2n) is 4.97. The van der Waals surface area contributed by atoms with Crippen LogP contribution in [0.5, 0.6) is 5.75 Å². The number of thioether (sulfide) groups is 1. The predicted octanol–water partition coefficient (Wildman–Crippen LogP) is 3.68. The first-order chi connectivity index (χ1) is 12.3. The molecule has 126 valence electrons. The Balaban J connectivity index is 1.52. The molecule has 0 amide bonds. The summed E-state index contributed by atoms with van der Waals surface area (Å²) in [4.78, 5) is 4.41. The van der Waals surface area contributed by atoms with Crippen molar-refractivity contribution in [2.75, 3.05) is 7.11 Å². The van der Waals surface area contributed by atoms with Crippen LogP contribution in [0.25, 0.3) is 17.1 Å². The van der Waals surface area contributed by atoms with Crippen molar-refractivity contribution in [1.29, 1.82) is 0 Å². The van der Waals surface area contributed by atoms with Crippen LogP contribution in [0, 0.1) is 0 Å². The third-order valence-electron chi connectivity index (χ3n) is 3.43. The van der Waals surface area contributed by atoms with Gasteiger partial charge in [-0.15, -0.1) is 10.2 Å². The molecule has 3 heterocycles. The highest BCUT2D eigenvalue weighted by molar-refractivity contribution is 7.98. The van der Waals surface area contributed by atoms with Crippen molar-refractivity contribution in [2.24, 2.45) is 0 Å². The Hall–Kier alpha value is -2.65. The van der Waals surface area contributed by atoms with E-state index in [0.717, 1.165) is 22.2 Å². The lowest BCUT2D eigenvalue weighted by Gasteiger charge is -2.10. The Morgan fingerprint density at radius 1 is 1.28 bits per heavy atom. The first kappa shape index (κ1) is 15.9. The van der Waals surface area contributed by atoms with Crippen molar-refractivity contribution in [2.45, 2.75) is 10.9 Å². The van der Waals surface area contributed by atoms with E-state index < -0.39 is 0 Å². The summed E-state index contributed by atoms with van der Waals surface area (Å²) in [7, 11) is 1.64. The quantitative estimate of drug-likeness (QED) is 0.478. The monoisotopic (exact) mass is 371 g/mol. The standard InChI is InChI=1S/C16H13N5O2S2/c1-22-13-5-3-2-4-12(13)21-10-17-19-16(21)25-9-14-18-15(20-23-14)11-6-7-24-8-11/h2-8,10H,9H2,1H3. The topological polar surface area (TPSA) is 78.9 Å². The Kier molecular flexibility index (Phi) is 4.49. The van der Waals surface area contributed by atoms with E-state index in [9.17, 15) is 0 Å². The van der Waals surface area contributed by atoms with Gasteiger partial charge in [0.25, 0.3) is 0 Å². The second kappa shape index (κ2) is 7.08. The third kappa shape index (κ3) is 3.28. The Labute approximate surface area is 151 Å². The van der Waals surface area contributed by atoms with Crippen molar-refractivity contribution in [3.05, 3.63) is 53.3 Å². The van der Waals surface area contributed by atoms with E-state index in [1.54, 1.807) is 24.8 Å². The minimum Gasteiger partial charge on any atom is -0.495 e. The van der Waals surface area contributed by atoms with E-state index in [-0.39, 0.29) is 0 Å². The number of nitrogens with zero attached hydrogens (tertiary/aromatic N) is 5. The highest BCUT2D eigenvalue weighted by Gasteiger charge is 2.14. The van der Waals surface area contributed by atoms with E-state index in [1.807, 2.05) is 45.7 Å². The van der Waals surface area contributed by atoms with E-state index in [2.05, 4.69) is 20.3 Å². The fourth-order valence-corrected chi connectivity index (χ4v) is 3.66. The van der Waals surface area contributed by atoms with Crippen LogP contribution in [-0.2, 0) is 5.75 Å². The Bertz CT molecular complexity index is 965. The Morgan fingerprint density at radius 3 is 3.04 bits per heavy atom. The number of hydrogen-bond acceptors (Lipinski definition) is 8. The van der Waals surface area contributed by atoms with Crippen molar-refractivity contribution < 1.29 is 9.26 Å². The minimum atomic E-state index is 0.505. The first-order valence-electron chi connectivity index (χ1n) is 7.36. The van der Waals surface area contributed by atoms with Crippen molar-refractivity contribution in [3.8, 4) is 22.8 Å². The molecule has 0 spiro atoms. The highest BCUT2D eigenvalue weighted by atomic mass is 32.2. The molecule has 0 saturated carbocycles. The summed E-state index contributed by atoms with van der Waals surface area (Å²) in [6.45, 7) is 0. The number of thiophene rings is 1.